The van der Waals surface area contributed by atoms with Crippen LogP contribution < -0.4 is 0 Å². The first-order valence-corrected chi connectivity index (χ1v) is 6.10. The molecule has 0 radical (unpaired) electrons. The van der Waals surface area contributed by atoms with Crippen LogP contribution >= 0.6 is 0 Å². The first kappa shape index (κ1) is 15.1. The monoisotopic (exact) mass is 258 g/mol. The van der Waals surface area contributed by atoms with Crippen LogP contribution in [-0.2, 0) is 14.3 Å². The second-order valence-electron chi connectivity index (χ2n) is 5.12. The van der Waals surface area contributed by atoms with Gasteiger partial charge in [-0.15, -0.1) is 0 Å². The maximum absolute atomic E-state index is 11.5. The van der Waals surface area contributed by atoms with Crippen molar-refractivity contribution in [3.05, 3.63) is 11.6 Å². The van der Waals surface area contributed by atoms with E-state index in [9.17, 15) is 15.0 Å². The second kappa shape index (κ2) is 4.99. The lowest BCUT2D eigenvalue weighted by atomic mass is 9.86. The first-order valence-electron chi connectivity index (χ1n) is 6.10. The smallest absolute Gasteiger partial charge is 0.333 e. The molecule has 1 saturated heterocycles. The molecule has 0 bridgehead atoms. The molecule has 4 atom stereocenters. The number of aliphatic hydroxyl groups is 2. The van der Waals surface area contributed by atoms with Gasteiger partial charge in [0.1, 0.15) is 17.3 Å². The summed E-state index contributed by atoms with van der Waals surface area (Å²) in [5.41, 5.74) is -2.09. The van der Waals surface area contributed by atoms with Crippen molar-refractivity contribution < 1.29 is 24.5 Å². The summed E-state index contributed by atoms with van der Waals surface area (Å²) in [5, 5.41) is 20.2. The zero-order valence-corrected chi connectivity index (χ0v) is 11.6. The molecule has 1 rings (SSSR count). The van der Waals surface area contributed by atoms with Crippen molar-refractivity contribution in [2.75, 3.05) is 6.61 Å². The molecule has 5 nitrogen and oxygen atoms in total. The largest absolute Gasteiger partial charge is 0.463 e. The van der Waals surface area contributed by atoms with Gasteiger partial charge in [0, 0.05) is 5.57 Å². The van der Waals surface area contributed by atoms with E-state index < -0.39 is 29.4 Å². The Kier molecular flexibility index (Phi) is 4.20. The van der Waals surface area contributed by atoms with E-state index in [1.807, 2.05) is 0 Å². The summed E-state index contributed by atoms with van der Waals surface area (Å²) in [6.45, 7) is 8.44. The van der Waals surface area contributed by atoms with Crippen molar-refractivity contribution >= 4 is 5.97 Å². The van der Waals surface area contributed by atoms with E-state index in [1.165, 1.54) is 13.0 Å². The van der Waals surface area contributed by atoms with Crippen molar-refractivity contribution in [1.82, 2.24) is 0 Å². The fraction of sp³-hybridized carbons (Fsp3) is 0.769. The standard InChI is InChI=1S/C13H22O5/c1-6-17-10(14)8(2)7-12(4)11(15)13(5,16)9(3)18-12/h7,9,11,15-16H,6H2,1-5H3/b8-7+/t9-,11-,12+,13+/m1/s1. The van der Waals surface area contributed by atoms with Crippen LogP contribution in [0.15, 0.2) is 11.6 Å². The zero-order valence-electron chi connectivity index (χ0n) is 11.6. The Labute approximate surface area is 107 Å². The van der Waals surface area contributed by atoms with Gasteiger partial charge in [0.05, 0.1) is 12.7 Å². The molecule has 2 N–H and O–H groups in total. The molecule has 18 heavy (non-hydrogen) atoms. The van der Waals surface area contributed by atoms with Crippen LogP contribution in [0.5, 0.6) is 0 Å². The highest BCUT2D eigenvalue weighted by atomic mass is 16.6. The van der Waals surface area contributed by atoms with Gasteiger partial charge in [0.2, 0.25) is 0 Å². The second-order valence-corrected chi connectivity index (χ2v) is 5.12. The third kappa shape index (κ3) is 2.58. The highest BCUT2D eigenvalue weighted by molar-refractivity contribution is 5.88. The summed E-state index contributed by atoms with van der Waals surface area (Å²) in [6, 6.07) is 0. The van der Waals surface area contributed by atoms with E-state index in [-0.39, 0.29) is 6.61 Å². The summed E-state index contributed by atoms with van der Waals surface area (Å²) in [6.07, 6.45) is -0.124. The van der Waals surface area contributed by atoms with Crippen molar-refractivity contribution in [3.8, 4) is 0 Å². The quantitative estimate of drug-likeness (QED) is 0.578. The molecule has 0 aromatic heterocycles. The minimum atomic E-state index is -1.35. The van der Waals surface area contributed by atoms with Crippen LogP contribution in [0, 0.1) is 0 Å². The van der Waals surface area contributed by atoms with Crippen molar-refractivity contribution in [1.29, 1.82) is 0 Å². The zero-order chi connectivity index (χ0) is 14.1. The number of carbonyl (C=O) groups is 1. The lowest BCUT2D eigenvalue weighted by Gasteiger charge is -2.28. The predicted octanol–water partition coefficient (Wildman–Crippen LogP) is 0.785. The fourth-order valence-electron chi connectivity index (χ4n) is 2.21. The molecule has 0 aromatic carbocycles. The minimum Gasteiger partial charge on any atom is -0.463 e. The number of rotatable bonds is 3. The summed E-state index contributed by atoms with van der Waals surface area (Å²) in [7, 11) is 0. The molecule has 0 amide bonds. The van der Waals surface area contributed by atoms with Gasteiger partial charge in [0.15, 0.2) is 0 Å². The third-order valence-corrected chi connectivity index (χ3v) is 3.45. The fourth-order valence-corrected chi connectivity index (χ4v) is 2.21. The van der Waals surface area contributed by atoms with Crippen LogP contribution in [0.1, 0.15) is 34.6 Å². The Morgan fingerprint density at radius 2 is 2.06 bits per heavy atom. The van der Waals surface area contributed by atoms with Crippen LogP contribution in [0.4, 0.5) is 0 Å². The minimum absolute atomic E-state index is 0.290. The van der Waals surface area contributed by atoms with Crippen LogP contribution in [0.3, 0.4) is 0 Å². The summed E-state index contributed by atoms with van der Waals surface area (Å²) in [4.78, 5) is 11.5. The number of esters is 1. The Morgan fingerprint density at radius 3 is 2.44 bits per heavy atom. The predicted molar refractivity (Wildman–Crippen MR) is 66.0 cm³/mol. The molecule has 104 valence electrons. The Hall–Kier alpha value is -0.910. The molecule has 1 heterocycles. The summed E-state index contributed by atoms with van der Waals surface area (Å²) in [5.74, 6) is -0.450. The highest BCUT2D eigenvalue weighted by Gasteiger charge is 2.55. The van der Waals surface area contributed by atoms with Gasteiger partial charge in [-0.2, -0.15) is 0 Å². The van der Waals surface area contributed by atoms with Gasteiger partial charge in [0.25, 0.3) is 0 Å². The Bertz CT molecular complexity index is 360. The first-order chi connectivity index (χ1) is 8.15. The van der Waals surface area contributed by atoms with Gasteiger partial charge in [-0.3, -0.25) is 0 Å². The SMILES string of the molecule is CCOC(=O)/C(C)=C/[C@]1(C)O[C@H](C)[C@](C)(O)[C@@H]1O. The van der Waals surface area contributed by atoms with Crippen molar-refractivity contribution in [2.24, 2.45) is 0 Å². The molecule has 0 unspecified atom stereocenters. The van der Waals surface area contributed by atoms with E-state index in [0.29, 0.717) is 5.57 Å². The molecule has 0 spiro atoms. The van der Waals surface area contributed by atoms with E-state index in [1.54, 1.807) is 27.7 Å². The topological polar surface area (TPSA) is 76.0 Å². The number of carbonyl (C=O) groups excluding carboxylic acids is 1. The van der Waals surface area contributed by atoms with Gasteiger partial charge in [-0.1, -0.05) is 0 Å². The summed E-state index contributed by atoms with van der Waals surface area (Å²) < 4.78 is 10.5. The average Bonchev–Trinajstić information content (AvgIpc) is 2.40. The Morgan fingerprint density at radius 1 is 1.50 bits per heavy atom. The molecule has 1 fully saturated rings. The van der Waals surface area contributed by atoms with E-state index in [4.69, 9.17) is 9.47 Å². The van der Waals surface area contributed by atoms with Crippen LogP contribution in [0.2, 0.25) is 0 Å². The van der Waals surface area contributed by atoms with E-state index >= 15 is 0 Å². The number of ether oxygens (including phenoxy) is 2. The molecule has 0 aromatic rings. The summed E-state index contributed by atoms with van der Waals surface area (Å²) >= 11 is 0. The van der Waals surface area contributed by atoms with Gasteiger partial charge in [-0.25, -0.2) is 4.79 Å². The number of hydrogen-bond acceptors (Lipinski definition) is 5. The maximum atomic E-state index is 11.5. The molecular weight excluding hydrogens is 236 g/mol. The molecule has 1 aliphatic rings. The molecule has 0 aliphatic carbocycles. The van der Waals surface area contributed by atoms with Gasteiger partial charge < -0.3 is 19.7 Å². The van der Waals surface area contributed by atoms with Crippen molar-refractivity contribution in [2.45, 2.75) is 58.0 Å². The Balaban J connectivity index is 2.96. The third-order valence-electron chi connectivity index (χ3n) is 3.45. The van der Waals surface area contributed by atoms with Crippen LogP contribution in [0.25, 0.3) is 0 Å². The number of hydrogen-bond donors (Lipinski definition) is 2. The highest BCUT2D eigenvalue weighted by Crippen LogP contribution is 2.39. The molecular formula is C13H22O5. The molecule has 5 heteroatoms. The molecule has 1 aliphatic heterocycles. The van der Waals surface area contributed by atoms with Gasteiger partial charge >= 0.3 is 5.97 Å². The van der Waals surface area contributed by atoms with Crippen LogP contribution in [-0.4, -0.2) is 46.2 Å². The maximum Gasteiger partial charge on any atom is 0.333 e. The molecule has 0 saturated carbocycles. The lowest BCUT2D eigenvalue weighted by molar-refractivity contribution is -0.138. The van der Waals surface area contributed by atoms with E-state index in [0.717, 1.165) is 0 Å². The normalized spacial score (nSPS) is 40.9. The number of aliphatic hydroxyl groups excluding tert-OH is 1. The lowest BCUT2D eigenvalue weighted by Crippen LogP contribution is -2.47. The average molecular weight is 258 g/mol. The van der Waals surface area contributed by atoms with Gasteiger partial charge in [-0.05, 0) is 40.7 Å². The van der Waals surface area contributed by atoms with E-state index in [2.05, 4.69) is 0 Å². The van der Waals surface area contributed by atoms with Crippen molar-refractivity contribution in [3.63, 3.8) is 0 Å².